The molecule has 3 aromatic rings. The van der Waals surface area contributed by atoms with Crippen LogP contribution in [0.4, 0.5) is 0 Å². The highest BCUT2D eigenvalue weighted by Crippen LogP contribution is 2.25. The van der Waals surface area contributed by atoms with E-state index in [2.05, 4.69) is 24.8 Å². The molecule has 2 N–H and O–H groups in total. The molecule has 0 aliphatic carbocycles. The Labute approximate surface area is 109 Å². The molecule has 0 bridgehead atoms. The first kappa shape index (κ1) is 10.7. The third-order valence-electron chi connectivity index (χ3n) is 3.76. The van der Waals surface area contributed by atoms with Crippen LogP contribution in [0.2, 0.25) is 0 Å². The first-order valence-corrected chi connectivity index (χ1v) is 6.34. The molecule has 0 aromatic carbocycles. The molecular formula is C13H14N6. The summed E-state index contributed by atoms with van der Waals surface area (Å²) in [6.45, 7) is 0.807. The third-order valence-corrected chi connectivity index (χ3v) is 3.76. The molecule has 1 atom stereocenters. The Morgan fingerprint density at radius 3 is 3.26 bits per heavy atom. The number of aryl methyl sites for hydroxylation is 1. The Morgan fingerprint density at radius 2 is 2.37 bits per heavy atom. The van der Waals surface area contributed by atoms with Crippen LogP contribution in [0.1, 0.15) is 23.3 Å². The van der Waals surface area contributed by atoms with E-state index in [0.29, 0.717) is 0 Å². The molecule has 0 radical (unpaired) electrons. The molecule has 19 heavy (non-hydrogen) atoms. The number of imidazole rings is 2. The Balaban J connectivity index is 1.77. The van der Waals surface area contributed by atoms with Crippen molar-refractivity contribution in [2.24, 2.45) is 7.05 Å². The minimum Gasteiger partial charge on any atom is -0.347 e. The minimum absolute atomic E-state index is 0.202. The number of pyridine rings is 1. The molecule has 1 aliphatic heterocycles. The predicted molar refractivity (Wildman–Crippen MR) is 70.4 cm³/mol. The van der Waals surface area contributed by atoms with Gasteiger partial charge in [-0.1, -0.05) is 0 Å². The fourth-order valence-corrected chi connectivity index (χ4v) is 2.73. The Hall–Kier alpha value is -2.21. The van der Waals surface area contributed by atoms with E-state index in [0.717, 1.165) is 35.5 Å². The van der Waals surface area contributed by atoms with Crippen LogP contribution >= 0.6 is 0 Å². The number of nitrogens with zero attached hydrogens (tertiary/aromatic N) is 4. The van der Waals surface area contributed by atoms with Crippen LogP contribution in [0.3, 0.4) is 0 Å². The lowest BCUT2D eigenvalue weighted by molar-refractivity contribution is 0.459. The van der Waals surface area contributed by atoms with E-state index in [1.165, 1.54) is 5.69 Å². The van der Waals surface area contributed by atoms with Gasteiger partial charge in [-0.05, 0) is 6.07 Å². The van der Waals surface area contributed by atoms with Crippen LogP contribution in [0, 0.1) is 0 Å². The smallest absolute Gasteiger partial charge is 0.127 e. The van der Waals surface area contributed by atoms with E-state index in [9.17, 15) is 0 Å². The number of H-pyrrole nitrogens is 1. The summed E-state index contributed by atoms with van der Waals surface area (Å²) in [5.41, 5.74) is 4.36. The van der Waals surface area contributed by atoms with Gasteiger partial charge in [0.05, 0.1) is 35.5 Å². The minimum atomic E-state index is 0.202. The van der Waals surface area contributed by atoms with Gasteiger partial charge < -0.3 is 14.9 Å². The van der Waals surface area contributed by atoms with Gasteiger partial charge in [0.2, 0.25) is 0 Å². The summed E-state index contributed by atoms with van der Waals surface area (Å²) in [5, 5.41) is 3.50. The standard InChI is InChI=1S/C13H14N6/c1-19-12-2-3-14-5-11(12)18-13(19)9-4-8-10(6-15-9)17-7-16-8/h2-3,5,7,9,15H,4,6H2,1H3,(H,16,17). The maximum atomic E-state index is 4.69. The second-order valence-corrected chi connectivity index (χ2v) is 4.86. The zero-order valence-electron chi connectivity index (χ0n) is 10.6. The quantitative estimate of drug-likeness (QED) is 0.681. The topological polar surface area (TPSA) is 71.4 Å². The average molecular weight is 254 g/mol. The number of aromatic amines is 1. The molecule has 0 saturated heterocycles. The number of nitrogens with one attached hydrogen (secondary N) is 2. The van der Waals surface area contributed by atoms with Crippen LogP contribution in [-0.4, -0.2) is 24.5 Å². The normalized spacial score (nSPS) is 18.7. The van der Waals surface area contributed by atoms with Gasteiger partial charge in [-0.2, -0.15) is 0 Å². The number of hydrogen-bond donors (Lipinski definition) is 2. The predicted octanol–water partition coefficient (Wildman–Crippen LogP) is 1.08. The summed E-state index contributed by atoms with van der Waals surface area (Å²) in [5.74, 6) is 1.04. The number of aromatic nitrogens is 5. The van der Waals surface area contributed by atoms with Gasteiger partial charge in [0.25, 0.3) is 0 Å². The highest BCUT2D eigenvalue weighted by molar-refractivity contribution is 5.74. The van der Waals surface area contributed by atoms with Crippen LogP contribution in [0.5, 0.6) is 0 Å². The SMILES string of the molecule is Cn1c(C2Cc3nc[nH]c3CN2)nc2cnccc21. The van der Waals surface area contributed by atoms with Gasteiger partial charge in [-0.3, -0.25) is 4.98 Å². The van der Waals surface area contributed by atoms with Crippen molar-refractivity contribution in [3.05, 3.63) is 42.0 Å². The zero-order chi connectivity index (χ0) is 12.8. The van der Waals surface area contributed by atoms with Gasteiger partial charge in [0.15, 0.2) is 0 Å². The Bertz CT molecular complexity index is 741. The average Bonchev–Trinajstić information content (AvgIpc) is 3.03. The van der Waals surface area contributed by atoms with Crippen molar-refractivity contribution in [3.63, 3.8) is 0 Å². The highest BCUT2D eigenvalue weighted by atomic mass is 15.1. The number of rotatable bonds is 1. The molecule has 0 amide bonds. The Morgan fingerprint density at radius 1 is 1.42 bits per heavy atom. The zero-order valence-corrected chi connectivity index (χ0v) is 10.6. The van der Waals surface area contributed by atoms with Gasteiger partial charge in [0, 0.05) is 26.2 Å². The Kier molecular flexibility index (Phi) is 2.19. The maximum Gasteiger partial charge on any atom is 0.127 e. The van der Waals surface area contributed by atoms with Crippen molar-refractivity contribution >= 4 is 11.0 Å². The van der Waals surface area contributed by atoms with Crippen molar-refractivity contribution in [2.45, 2.75) is 19.0 Å². The van der Waals surface area contributed by atoms with Crippen LogP contribution < -0.4 is 5.32 Å². The summed E-state index contributed by atoms with van der Waals surface area (Å²) in [6.07, 6.45) is 6.23. The van der Waals surface area contributed by atoms with Crippen LogP contribution in [-0.2, 0) is 20.0 Å². The van der Waals surface area contributed by atoms with Gasteiger partial charge >= 0.3 is 0 Å². The molecule has 6 nitrogen and oxygen atoms in total. The van der Waals surface area contributed by atoms with Crippen molar-refractivity contribution < 1.29 is 0 Å². The highest BCUT2D eigenvalue weighted by Gasteiger charge is 2.25. The first-order chi connectivity index (χ1) is 9.33. The van der Waals surface area contributed by atoms with Gasteiger partial charge in [-0.25, -0.2) is 9.97 Å². The van der Waals surface area contributed by atoms with Gasteiger partial charge in [-0.15, -0.1) is 0 Å². The van der Waals surface area contributed by atoms with Gasteiger partial charge in [0.1, 0.15) is 11.3 Å². The van der Waals surface area contributed by atoms with Crippen molar-refractivity contribution in [3.8, 4) is 0 Å². The number of hydrogen-bond acceptors (Lipinski definition) is 4. The monoisotopic (exact) mass is 254 g/mol. The second kappa shape index (κ2) is 3.89. The summed E-state index contributed by atoms with van der Waals surface area (Å²) in [6, 6.07) is 2.20. The summed E-state index contributed by atoms with van der Waals surface area (Å²) in [4.78, 5) is 16.4. The molecule has 1 unspecified atom stereocenters. The summed E-state index contributed by atoms with van der Waals surface area (Å²) < 4.78 is 2.13. The molecule has 0 saturated carbocycles. The van der Waals surface area contributed by atoms with E-state index >= 15 is 0 Å². The van der Waals surface area contributed by atoms with E-state index in [4.69, 9.17) is 4.98 Å². The molecule has 3 aromatic heterocycles. The van der Waals surface area contributed by atoms with E-state index in [1.807, 2.05) is 19.3 Å². The van der Waals surface area contributed by atoms with E-state index in [-0.39, 0.29) is 6.04 Å². The molecule has 0 fully saturated rings. The largest absolute Gasteiger partial charge is 0.347 e. The fourth-order valence-electron chi connectivity index (χ4n) is 2.73. The van der Waals surface area contributed by atoms with Crippen molar-refractivity contribution in [1.29, 1.82) is 0 Å². The molecule has 1 aliphatic rings. The molecule has 0 spiro atoms. The molecule has 96 valence electrons. The molecule has 4 heterocycles. The van der Waals surface area contributed by atoms with Crippen LogP contribution in [0.25, 0.3) is 11.0 Å². The van der Waals surface area contributed by atoms with Crippen molar-refractivity contribution in [2.75, 3.05) is 0 Å². The van der Waals surface area contributed by atoms with E-state index in [1.54, 1.807) is 12.5 Å². The lowest BCUT2D eigenvalue weighted by atomic mass is 10.1. The lowest BCUT2D eigenvalue weighted by Crippen LogP contribution is -2.30. The van der Waals surface area contributed by atoms with E-state index < -0.39 is 0 Å². The maximum absolute atomic E-state index is 4.69. The number of fused-ring (bicyclic) bond motifs is 2. The van der Waals surface area contributed by atoms with Crippen molar-refractivity contribution in [1.82, 2.24) is 29.8 Å². The molecule has 4 rings (SSSR count). The molecule has 6 heteroatoms. The summed E-state index contributed by atoms with van der Waals surface area (Å²) in [7, 11) is 2.05. The molecular weight excluding hydrogens is 240 g/mol. The first-order valence-electron chi connectivity index (χ1n) is 6.34. The lowest BCUT2D eigenvalue weighted by Gasteiger charge is -2.22. The second-order valence-electron chi connectivity index (χ2n) is 4.86. The van der Waals surface area contributed by atoms with Crippen LogP contribution in [0.15, 0.2) is 24.8 Å². The summed E-state index contributed by atoms with van der Waals surface area (Å²) >= 11 is 0. The third kappa shape index (κ3) is 1.57. The fraction of sp³-hybridized carbons (Fsp3) is 0.308.